The van der Waals surface area contributed by atoms with Gasteiger partial charge in [-0.2, -0.15) is 0 Å². The molecule has 1 atom stereocenters. The number of rotatable bonds is 4. The number of amides is 2. The summed E-state index contributed by atoms with van der Waals surface area (Å²) in [6.45, 7) is 13.7. The molecule has 2 amide bonds. The highest BCUT2D eigenvalue weighted by Gasteiger charge is 2.41. The smallest absolute Gasteiger partial charge is 0.262 e. The summed E-state index contributed by atoms with van der Waals surface area (Å²) in [7, 11) is 0. The molecule has 1 aromatic rings. The van der Waals surface area contributed by atoms with Crippen LogP contribution in [0.15, 0.2) is 55.0 Å². The predicted molar refractivity (Wildman–Crippen MR) is 94.4 cm³/mol. The van der Waals surface area contributed by atoms with Gasteiger partial charge in [0, 0.05) is 22.8 Å². The normalized spacial score (nSPS) is 20.0. The second-order valence-corrected chi connectivity index (χ2v) is 6.13. The number of anilines is 1. The number of carbonyl (C=O) groups excluding carboxylic acids is 2. The number of hydrogen-bond acceptors (Lipinski definition) is 4. The Hall–Kier alpha value is -2.82. The fourth-order valence-electron chi connectivity index (χ4n) is 3.06. The average molecular weight is 323 g/mol. The molecule has 5 nitrogen and oxygen atoms in total. The lowest BCUT2D eigenvalue weighted by Gasteiger charge is -2.33. The van der Waals surface area contributed by atoms with Crippen LogP contribution in [-0.2, 0) is 0 Å². The summed E-state index contributed by atoms with van der Waals surface area (Å²) >= 11 is 0. The summed E-state index contributed by atoms with van der Waals surface area (Å²) in [5.41, 5.74) is 3.97. The molecule has 5 heteroatoms. The highest BCUT2D eigenvalue weighted by molar-refractivity contribution is 6.22. The summed E-state index contributed by atoms with van der Waals surface area (Å²) in [6, 6.07) is 4.86. The molecule has 3 rings (SSSR count). The first kappa shape index (κ1) is 16.1. The van der Waals surface area contributed by atoms with Crippen molar-refractivity contribution in [2.45, 2.75) is 32.2 Å². The first-order valence-corrected chi connectivity index (χ1v) is 8.02. The molecule has 1 fully saturated rings. The molecule has 1 aromatic carbocycles. The summed E-state index contributed by atoms with van der Waals surface area (Å²) in [5.74, 6) is -0.544. The maximum absolute atomic E-state index is 12.8. The summed E-state index contributed by atoms with van der Waals surface area (Å²) in [6.07, 6.45) is 2.14. The molecule has 2 heterocycles. The van der Waals surface area contributed by atoms with Crippen molar-refractivity contribution in [3.05, 3.63) is 66.2 Å². The third kappa shape index (κ3) is 2.62. The van der Waals surface area contributed by atoms with Crippen LogP contribution in [0.2, 0.25) is 0 Å². The Morgan fingerprint density at radius 1 is 1.29 bits per heavy atom. The van der Waals surface area contributed by atoms with Gasteiger partial charge in [-0.15, -0.1) is 0 Å². The van der Waals surface area contributed by atoms with Gasteiger partial charge in [0.1, 0.15) is 0 Å². The van der Waals surface area contributed by atoms with E-state index in [1.54, 1.807) is 18.2 Å². The lowest BCUT2D eigenvalue weighted by Crippen LogP contribution is -2.46. The van der Waals surface area contributed by atoms with Crippen molar-refractivity contribution in [3.8, 4) is 0 Å². The number of allylic oxidation sites excluding steroid dienone is 2. The second kappa shape index (κ2) is 6.00. The molecule has 1 unspecified atom stereocenters. The lowest BCUT2D eigenvalue weighted by atomic mass is 10.0. The van der Waals surface area contributed by atoms with Gasteiger partial charge < -0.3 is 10.6 Å². The minimum absolute atomic E-state index is 0.267. The molecule has 124 valence electrons. The van der Waals surface area contributed by atoms with E-state index in [1.165, 1.54) is 4.90 Å². The zero-order valence-corrected chi connectivity index (χ0v) is 13.8. The minimum Gasteiger partial charge on any atom is -0.362 e. The van der Waals surface area contributed by atoms with Crippen molar-refractivity contribution >= 4 is 17.5 Å². The molecular weight excluding hydrogens is 302 g/mol. The molecule has 0 aliphatic carbocycles. The Morgan fingerprint density at radius 2 is 2.00 bits per heavy atom. The molecule has 2 aliphatic heterocycles. The first-order chi connectivity index (χ1) is 11.4. The van der Waals surface area contributed by atoms with Gasteiger partial charge in [-0.3, -0.25) is 14.5 Å². The van der Waals surface area contributed by atoms with Crippen LogP contribution in [0.4, 0.5) is 5.69 Å². The molecule has 2 aliphatic rings. The van der Waals surface area contributed by atoms with Gasteiger partial charge in [0.2, 0.25) is 0 Å². The Balaban J connectivity index is 1.89. The van der Waals surface area contributed by atoms with Crippen LogP contribution >= 0.6 is 0 Å². The van der Waals surface area contributed by atoms with E-state index < -0.39 is 0 Å². The molecule has 0 saturated carbocycles. The third-order valence-electron chi connectivity index (χ3n) is 4.44. The standard InChI is InChI=1S/C19H21N3O2/c1-5-11(2)21-14-7-8-15-16(10-14)19(24)22(18(15)23)17-9-6-12(3)20-13(17)4/h7-8,10,17,20-21H,2-6,9H2,1H3. The van der Waals surface area contributed by atoms with Gasteiger partial charge >= 0.3 is 0 Å². The van der Waals surface area contributed by atoms with Crippen LogP contribution in [-0.4, -0.2) is 22.8 Å². The van der Waals surface area contributed by atoms with Gasteiger partial charge in [0.05, 0.1) is 17.2 Å². The van der Waals surface area contributed by atoms with Crippen LogP contribution < -0.4 is 10.6 Å². The molecule has 0 spiro atoms. The van der Waals surface area contributed by atoms with E-state index in [-0.39, 0.29) is 17.9 Å². The molecular formula is C19H21N3O2. The van der Waals surface area contributed by atoms with Crippen molar-refractivity contribution < 1.29 is 9.59 Å². The van der Waals surface area contributed by atoms with Gasteiger partial charge in [0.25, 0.3) is 11.8 Å². The number of hydrogen-bond donors (Lipinski definition) is 2. The van der Waals surface area contributed by atoms with E-state index in [0.717, 1.165) is 23.5 Å². The molecule has 0 aromatic heterocycles. The number of carbonyl (C=O) groups is 2. The predicted octanol–water partition coefficient (Wildman–Crippen LogP) is 3.40. The van der Waals surface area contributed by atoms with Crippen molar-refractivity contribution in [1.29, 1.82) is 0 Å². The molecule has 0 bridgehead atoms. The second-order valence-electron chi connectivity index (χ2n) is 6.13. The van der Waals surface area contributed by atoms with Crippen LogP contribution in [0.1, 0.15) is 46.9 Å². The van der Waals surface area contributed by atoms with Gasteiger partial charge in [-0.05, 0) is 37.5 Å². The fraction of sp³-hybridized carbons (Fsp3) is 0.263. The van der Waals surface area contributed by atoms with Gasteiger partial charge in [0.15, 0.2) is 0 Å². The zero-order chi connectivity index (χ0) is 17.4. The number of nitrogens with zero attached hydrogens (tertiary/aromatic N) is 1. The molecule has 24 heavy (non-hydrogen) atoms. The number of nitrogens with one attached hydrogen (secondary N) is 2. The first-order valence-electron chi connectivity index (χ1n) is 8.02. The van der Waals surface area contributed by atoms with Crippen molar-refractivity contribution in [1.82, 2.24) is 10.2 Å². The molecule has 0 radical (unpaired) electrons. The van der Waals surface area contributed by atoms with Crippen molar-refractivity contribution in [3.63, 3.8) is 0 Å². The van der Waals surface area contributed by atoms with Crippen molar-refractivity contribution in [2.24, 2.45) is 0 Å². The zero-order valence-electron chi connectivity index (χ0n) is 13.8. The minimum atomic E-state index is -0.343. The summed E-state index contributed by atoms with van der Waals surface area (Å²) in [4.78, 5) is 26.8. The van der Waals surface area contributed by atoms with Gasteiger partial charge in [-0.25, -0.2) is 0 Å². The van der Waals surface area contributed by atoms with Gasteiger partial charge in [-0.1, -0.05) is 26.7 Å². The van der Waals surface area contributed by atoms with E-state index in [4.69, 9.17) is 0 Å². The maximum Gasteiger partial charge on any atom is 0.262 e. The number of benzene rings is 1. The number of fused-ring (bicyclic) bond motifs is 1. The van der Waals surface area contributed by atoms with E-state index in [2.05, 4.69) is 30.4 Å². The average Bonchev–Trinajstić information content (AvgIpc) is 2.79. The Labute approximate surface area is 141 Å². The summed E-state index contributed by atoms with van der Waals surface area (Å²) < 4.78 is 0. The van der Waals surface area contributed by atoms with E-state index in [1.807, 2.05) is 6.92 Å². The highest BCUT2D eigenvalue weighted by Crippen LogP contribution is 2.32. The quantitative estimate of drug-likeness (QED) is 0.834. The SMILES string of the molecule is C=C1CCC(N2C(=O)c3ccc(NC(=C)CC)cc3C2=O)C(=C)N1. The van der Waals surface area contributed by atoms with Crippen LogP contribution in [0.5, 0.6) is 0 Å². The topological polar surface area (TPSA) is 61.4 Å². The monoisotopic (exact) mass is 323 g/mol. The van der Waals surface area contributed by atoms with E-state index in [0.29, 0.717) is 29.7 Å². The van der Waals surface area contributed by atoms with Crippen LogP contribution in [0.3, 0.4) is 0 Å². The Morgan fingerprint density at radius 3 is 2.67 bits per heavy atom. The Bertz CT molecular complexity index is 779. The van der Waals surface area contributed by atoms with E-state index >= 15 is 0 Å². The maximum atomic E-state index is 12.8. The van der Waals surface area contributed by atoms with Crippen LogP contribution in [0.25, 0.3) is 0 Å². The molecule has 2 N–H and O–H groups in total. The highest BCUT2D eigenvalue weighted by atomic mass is 16.2. The molecule has 1 saturated heterocycles. The number of piperidine rings is 1. The van der Waals surface area contributed by atoms with Crippen LogP contribution in [0, 0.1) is 0 Å². The third-order valence-corrected chi connectivity index (χ3v) is 4.44. The largest absolute Gasteiger partial charge is 0.362 e. The Kier molecular flexibility index (Phi) is 4.01. The summed E-state index contributed by atoms with van der Waals surface area (Å²) in [5, 5.41) is 6.21. The van der Waals surface area contributed by atoms with Crippen molar-refractivity contribution in [2.75, 3.05) is 5.32 Å². The number of imide groups is 1. The van der Waals surface area contributed by atoms with E-state index in [9.17, 15) is 9.59 Å². The fourth-order valence-corrected chi connectivity index (χ4v) is 3.06. The lowest BCUT2D eigenvalue weighted by molar-refractivity contribution is 0.0592.